The van der Waals surface area contributed by atoms with Crippen molar-refractivity contribution in [3.05, 3.63) is 70.0 Å². The SMILES string of the molecule is C=C(C)c1cc(=O)c2ccc(NC)cc2[nH]1.CC.CC.CC(=O)C1CCC1.CC1CCCCC1.CCC(C)C(C(=O)NC)C(C)/C=C\CCCCC[C@@H](C=O)C(C)C.CCC/C=C(\NCN)SC.CCCCC(C)C(C)=O. The Morgan fingerprint density at radius 1 is 0.831 bits per heavy atom. The molecule has 0 spiro atoms. The van der Waals surface area contributed by atoms with Gasteiger partial charge < -0.3 is 31.5 Å². The van der Waals surface area contributed by atoms with E-state index in [4.69, 9.17) is 5.73 Å². The maximum Gasteiger partial charge on any atom is 0.223 e. The second-order valence-corrected chi connectivity index (χ2v) is 21.8. The molecule has 2 fully saturated rings. The Labute approximate surface area is 478 Å². The predicted octanol–water partition coefficient (Wildman–Crippen LogP) is 17.5. The molecule has 1 aromatic heterocycles. The first kappa shape index (κ1) is 79.5. The highest BCUT2D eigenvalue weighted by atomic mass is 32.2. The molecule has 11 heteroatoms. The first-order valence-electron chi connectivity index (χ1n) is 30.3. The van der Waals surface area contributed by atoms with E-state index in [1.807, 2.05) is 73.0 Å². The predicted molar refractivity (Wildman–Crippen MR) is 343 cm³/mol. The Morgan fingerprint density at radius 2 is 1.45 bits per heavy atom. The van der Waals surface area contributed by atoms with Crippen molar-refractivity contribution >= 4 is 57.7 Å². The van der Waals surface area contributed by atoms with Crippen molar-refractivity contribution < 1.29 is 19.2 Å². The molecule has 1 amide bonds. The summed E-state index contributed by atoms with van der Waals surface area (Å²) >= 11 is 1.70. The molecule has 6 N–H and O–H groups in total. The highest BCUT2D eigenvalue weighted by Crippen LogP contribution is 2.27. The monoisotopic (exact) mass is 1100 g/mol. The van der Waals surface area contributed by atoms with E-state index in [9.17, 15) is 24.0 Å². The number of thioether (sulfide) groups is 1. The zero-order chi connectivity index (χ0) is 59.7. The Balaban J connectivity index is -0.000000435. The van der Waals surface area contributed by atoms with Crippen molar-refractivity contribution in [1.82, 2.24) is 15.6 Å². The Kier molecular flexibility index (Phi) is 54.5. The minimum Gasteiger partial charge on any atom is -0.388 e. The fourth-order valence-corrected chi connectivity index (χ4v) is 8.83. The van der Waals surface area contributed by atoms with Crippen molar-refractivity contribution in [1.29, 1.82) is 0 Å². The van der Waals surface area contributed by atoms with E-state index in [0.29, 0.717) is 41.4 Å². The van der Waals surface area contributed by atoms with E-state index in [1.54, 1.807) is 38.7 Å². The van der Waals surface area contributed by atoms with E-state index >= 15 is 0 Å². The van der Waals surface area contributed by atoms with Crippen LogP contribution in [-0.4, -0.2) is 55.8 Å². The maximum atomic E-state index is 12.1. The van der Waals surface area contributed by atoms with E-state index in [1.165, 1.54) is 69.2 Å². The quantitative estimate of drug-likeness (QED) is 0.0282. The number of amides is 1. The van der Waals surface area contributed by atoms with Crippen LogP contribution < -0.4 is 27.1 Å². The van der Waals surface area contributed by atoms with Crippen LogP contribution in [0.25, 0.3) is 16.5 Å². The number of hydrogen-bond acceptors (Lipinski definition) is 9. The van der Waals surface area contributed by atoms with Crippen molar-refractivity contribution in [3.8, 4) is 0 Å². The normalized spacial score (nSPS) is 14.8. The van der Waals surface area contributed by atoms with Crippen LogP contribution in [0.15, 0.2) is 58.9 Å². The standard InChI is InChI=1S/C21H39NO2.C13H14N2O.C8H16O.C7H16N2S.C7H14.C6H10O.2C2H6/c1-7-17(4)20(21(24)22-6)18(5)13-11-9-8-10-12-14-19(15-23)16(2)3;1-8(2)11-7-13(16)10-5-4-9(14-3)6-12(10)15-11;1-4-5-6-7(2)8(3)9;1-3-4-5-7(10-2)9-6-8;1-7-5-3-2-4-6-7;1-5(7)6-3-2-4-6;2*1-2/h11,13,15-20H,7-10,12,14H2,1-6H3,(H,22,24);4-7,14H,1H2,2-3H3,(H,15,16);7H,4-6H2,1-3H3;5,9H,3-4,6,8H2,1-2H3;7H,2-6H2,1H3;6H,2-4H2,1H3;2*1-2H3/b13-11-;;;7-5+;;;;/t17?,18?,19-,20?;;;;;;;/m0......./s1. The Morgan fingerprint density at radius 3 is 1.86 bits per heavy atom. The molecule has 4 rings (SSSR count). The number of carbonyl (C=O) groups excluding carboxylic acids is 4. The largest absolute Gasteiger partial charge is 0.388 e. The molecular weight excluding hydrogens is 975 g/mol. The molecule has 0 aliphatic heterocycles. The van der Waals surface area contributed by atoms with Gasteiger partial charge in [-0.1, -0.05) is 192 Å². The summed E-state index contributed by atoms with van der Waals surface area (Å²) in [4.78, 5) is 59.2. The van der Waals surface area contributed by atoms with E-state index in [-0.39, 0.29) is 35.0 Å². The van der Waals surface area contributed by atoms with E-state index < -0.39 is 0 Å². The smallest absolute Gasteiger partial charge is 0.223 e. The maximum absolute atomic E-state index is 12.1. The first-order valence-corrected chi connectivity index (χ1v) is 31.5. The number of H-pyrrole nitrogens is 1. The van der Waals surface area contributed by atoms with Crippen LogP contribution in [0.2, 0.25) is 0 Å². The number of nitrogens with one attached hydrogen (secondary N) is 4. The summed E-state index contributed by atoms with van der Waals surface area (Å²) in [7, 11) is 3.57. The van der Waals surface area contributed by atoms with Crippen molar-refractivity contribution in [3.63, 3.8) is 0 Å². The molecule has 4 unspecified atom stereocenters. The molecule has 446 valence electrons. The van der Waals surface area contributed by atoms with Crippen molar-refractivity contribution in [2.75, 3.05) is 32.3 Å². The second-order valence-electron chi connectivity index (χ2n) is 20.9. The number of anilines is 1. The lowest BCUT2D eigenvalue weighted by atomic mass is 9.81. The number of carbonyl (C=O) groups is 4. The van der Waals surface area contributed by atoms with Gasteiger partial charge in [0.2, 0.25) is 5.91 Å². The average Bonchev–Trinajstić information content (AvgIpc) is 3.41. The summed E-state index contributed by atoms with van der Waals surface area (Å²) in [5.74, 6) is 3.98. The van der Waals surface area contributed by atoms with Gasteiger partial charge in [-0.2, -0.15) is 0 Å². The zero-order valence-corrected chi connectivity index (χ0v) is 53.9. The summed E-state index contributed by atoms with van der Waals surface area (Å²) < 4.78 is 0. The number of fused-ring (bicyclic) bond motifs is 1. The molecule has 77 heavy (non-hydrogen) atoms. The molecule has 2 saturated carbocycles. The fraction of sp³-hybridized carbons (Fsp3) is 0.712. The van der Waals surface area contributed by atoms with Gasteiger partial charge in [0.25, 0.3) is 0 Å². The van der Waals surface area contributed by atoms with E-state index in [0.717, 1.165) is 92.5 Å². The van der Waals surface area contributed by atoms with Gasteiger partial charge in [-0.3, -0.25) is 19.2 Å². The molecule has 2 aliphatic rings. The number of allylic oxidation sites excluding steroid dienone is 4. The van der Waals surface area contributed by atoms with Crippen LogP contribution in [0.4, 0.5) is 5.69 Å². The number of ketones is 2. The minimum atomic E-state index is 0.0226. The van der Waals surface area contributed by atoms with E-state index in [2.05, 4.69) is 101 Å². The molecule has 1 heterocycles. The number of Topliss-reactive ketones (excluding diaryl/α,β-unsaturated/α-hetero) is 2. The number of rotatable bonds is 25. The highest BCUT2D eigenvalue weighted by Gasteiger charge is 2.27. The number of aromatic amines is 1. The number of aromatic nitrogens is 1. The number of nitrogens with two attached hydrogens (primary N) is 1. The summed E-state index contributed by atoms with van der Waals surface area (Å²) in [6.45, 7) is 36.9. The third-order valence-corrected chi connectivity index (χ3v) is 15.0. The third-order valence-electron chi connectivity index (χ3n) is 14.2. The number of unbranched alkanes of at least 4 members (excludes halogenated alkanes) is 5. The molecule has 0 radical (unpaired) electrons. The summed E-state index contributed by atoms with van der Waals surface area (Å²) in [5, 5.41) is 10.8. The Bertz CT molecular complexity index is 1910. The molecule has 0 bridgehead atoms. The van der Waals surface area contributed by atoms with Crippen molar-refractivity contribution in [2.45, 2.75) is 233 Å². The van der Waals surface area contributed by atoms with Gasteiger partial charge in [-0.25, -0.2) is 0 Å². The van der Waals surface area contributed by atoms with Gasteiger partial charge in [-0.15, -0.1) is 11.8 Å². The topological polar surface area (TPSA) is 163 Å². The minimum absolute atomic E-state index is 0.0226. The highest BCUT2D eigenvalue weighted by molar-refractivity contribution is 8.02. The molecule has 2 aromatic rings. The lowest BCUT2D eigenvalue weighted by molar-refractivity contribution is -0.127. The molecular formula is C66H121N5O5S. The average molecular weight is 1100 g/mol. The molecule has 5 atom stereocenters. The third kappa shape index (κ3) is 40.0. The number of benzene rings is 1. The fourth-order valence-electron chi connectivity index (χ4n) is 8.32. The van der Waals surface area contributed by atoms with Crippen LogP contribution in [0.1, 0.15) is 238 Å². The lowest BCUT2D eigenvalue weighted by Crippen LogP contribution is -2.35. The summed E-state index contributed by atoms with van der Waals surface area (Å²) in [6.07, 6.45) is 33.0. The lowest BCUT2D eigenvalue weighted by Gasteiger charge is -2.25. The van der Waals surface area contributed by atoms with Crippen LogP contribution in [0.5, 0.6) is 0 Å². The van der Waals surface area contributed by atoms with Gasteiger partial charge in [-0.05, 0) is 119 Å². The van der Waals surface area contributed by atoms with Gasteiger partial charge in [0.15, 0.2) is 5.43 Å². The zero-order valence-electron chi connectivity index (χ0n) is 53.1. The Hall–Kier alpha value is -3.96. The number of hydrogen-bond donors (Lipinski definition) is 5. The van der Waals surface area contributed by atoms with Crippen LogP contribution in [0.3, 0.4) is 0 Å². The van der Waals surface area contributed by atoms with Crippen LogP contribution in [-0.2, 0) is 19.2 Å². The molecule has 1 aromatic carbocycles. The number of pyridine rings is 1. The number of aldehydes is 1. The molecule has 10 nitrogen and oxygen atoms in total. The van der Waals surface area contributed by atoms with Gasteiger partial charge in [0, 0.05) is 60.6 Å². The van der Waals surface area contributed by atoms with Gasteiger partial charge in [0.1, 0.15) is 17.9 Å². The molecule has 2 aliphatic carbocycles. The van der Waals surface area contributed by atoms with Gasteiger partial charge in [0.05, 0.1) is 17.2 Å². The van der Waals surface area contributed by atoms with Crippen molar-refractivity contribution in [2.24, 2.45) is 53.1 Å². The summed E-state index contributed by atoms with van der Waals surface area (Å²) in [5.41, 5.74) is 8.78. The van der Waals surface area contributed by atoms with Crippen LogP contribution >= 0.6 is 11.8 Å². The van der Waals surface area contributed by atoms with Crippen LogP contribution in [0, 0.1) is 47.3 Å². The molecule has 0 saturated heterocycles. The first-order chi connectivity index (χ1) is 36.7. The summed E-state index contributed by atoms with van der Waals surface area (Å²) in [6, 6.07) is 7.22. The van der Waals surface area contributed by atoms with Gasteiger partial charge >= 0.3 is 0 Å². The second kappa shape index (κ2) is 52.7.